The first-order valence-corrected chi connectivity index (χ1v) is 9.50. The Morgan fingerprint density at radius 1 is 1.35 bits per heavy atom. The molecule has 138 valence electrons. The van der Waals surface area contributed by atoms with Gasteiger partial charge in [0.25, 0.3) is 0 Å². The summed E-state index contributed by atoms with van der Waals surface area (Å²) in [6.07, 6.45) is 5.71. The molecule has 6 rings (SSSR count). The molecule has 26 heavy (non-hydrogen) atoms. The zero-order valence-corrected chi connectivity index (χ0v) is 16.0. The van der Waals surface area contributed by atoms with Crippen molar-refractivity contribution in [2.24, 2.45) is 23.2 Å². The van der Waals surface area contributed by atoms with Crippen LogP contribution in [0.3, 0.4) is 0 Å². The van der Waals surface area contributed by atoms with E-state index in [2.05, 4.69) is 53.6 Å². The number of carbonyl (C=O) groups is 1. The normalized spacial score (nSPS) is 46.2. The van der Waals surface area contributed by atoms with Crippen molar-refractivity contribution >= 4 is 24.1 Å². The molecule has 1 aromatic rings. The van der Waals surface area contributed by atoms with Gasteiger partial charge in [-0.05, 0) is 29.9 Å². The zero-order chi connectivity index (χ0) is 17.0. The molecular formula is C21H25ClN2O2. The molecule has 2 saturated carbocycles. The molecule has 1 aromatic carbocycles. The van der Waals surface area contributed by atoms with E-state index < -0.39 is 0 Å². The number of ether oxygens (including phenoxy) is 1. The third-order valence-corrected chi connectivity index (χ3v) is 8.29. The highest BCUT2D eigenvalue weighted by atomic mass is 35.5. The molecule has 2 aliphatic carbocycles. The molecule has 5 heteroatoms. The van der Waals surface area contributed by atoms with Gasteiger partial charge >= 0.3 is 5.97 Å². The number of piperidine rings is 1. The van der Waals surface area contributed by atoms with Gasteiger partial charge in [-0.15, -0.1) is 12.4 Å². The molecule has 1 N–H and O–H groups in total. The van der Waals surface area contributed by atoms with Crippen LogP contribution in [0.15, 0.2) is 36.4 Å². The highest BCUT2D eigenvalue weighted by Gasteiger charge is 2.80. The summed E-state index contributed by atoms with van der Waals surface area (Å²) in [6, 6.07) is 9.42. The minimum absolute atomic E-state index is 0. The van der Waals surface area contributed by atoms with E-state index in [1.807, 2.05) is 0 Å². The molecule has 3 fully saturated rings. The van der Waals surface area contributed by atoms with Gasteiger partial charge in [-0.25, -0.2) is 0 Å². The first kappa shape index (κ1) is 16.6. The number of carbonyl (C=O) groups excluding carboxylic acids is 1. The predicted octanol–water partition coefficient (Wildman–Crippen LogP) is 2.84. The van der Waals surface area contributed by atoms with Crippen molar-refractivity contribution in [2.45, 2.75) is 30.8 Å². The molecule has 3 aliphatic heterocycles. The maximum atomic E-state index is 12.8. The van der Waals surface area contributed by atoms with Crippen molar-refractivity contribution in [3.63, 3.8) is 0 Å². The van der Waals surface area contributed by atoms with Gasteiger partial charge in [0.05, 0.1) is 19.1 Å². The first-order valence-electron chi connectivity index (χ1n) is 9.50. The minimum Gasteiger partial charge on any atom is -0.469 e. The average molecular weight is 373 g/mol. The Bertz CT molecular complexity index is 826. The van der Waals surface area contributed by atoms with E-state index in [0.717, 1.165) is 19.5 Å². The maximum Gasteiger partial charge on any atom is 0.310 e. The summed E-state index contributed by atoms with van der Waals surface area (Å²) in [7, 11) is 1.53. The summed E-state index contributed by atoms with van der Waals surface area (Å²) < 4.78 is 5.26. The number of anilines is 1. The van der Waals surface area contributed by atoms with Crippen molar-refractivity contribution in [1.82, 2.24) is 4.90 Å². The Hall–Kier alpha value is -1.52. The molecular weight excluding hydrogens is 348 g/mol. The predicted molar refractivity (Wildman–Crippen MR) is 102 cm³/mol. The number of nitrogens with one attached hydrogen (secondary N) is 1. The van der Waals surface area contributed by atoms with Crippen LogP contribution >= 0.6 is 12.4 Å². The van der Waals surface area contributed by atoms with Gasteiger partial charge in [0.2, 0.25) is 0 Å². The van der Waals surface area contributed by atoms with Crippen LogP contribution in [0, 0.1) is 23.2 Å². The van der Waals surface area contributed by atoms with Crippen molar-refractivity contribution < 1.29 is 9.53 Å². The third-order valence-electron chi connectivity index (χ3n) is 8.29. The number of methoxy groups -OCH3 is 1. The zero-order valence-electron chi connectivity index (χ0n) is 15.1. The lowest BCUT2D eigenvalue weighted by molar-refractivity contribution is -0.150. The first-order chi connectivity index (χ1) is 12.1. The number of benzene rings is 1. The average Bonchev–Trinajstić information content (AvgIpc) is 3.22. The molecule has 3 heterocycles. The van der Waals surface area contributed by atoms with E-state index in [0.29, 0.717) is 17.9 Å². The molecule has 7 unspecified atom stereocenters. The summed E-state index contributed by atoms with van der Waals surface area (Å²) in [4.78, 5) is 15.5. The molecule has 0 amide bonds. The van der Waals surface area contributed by atoms with Crippen molar-refractivity contribution in [3.8, 4) is 0 Å². The van der Waals surface area contributed by atoms with E-state index in [4.69, 9.17) is 4.74 Å². The summed E-state index contributed by atoms with van der Waals surface area (Å²) in [5, 5.41) is 3.78. The fraction of sp³-hybridized carbons (Fsp3) is 0.571. The van der Waals surface area contributed by atoms with E-state index >= 15 is 0 Å². The van der Waals surface area contributed by atoms with Gasteiger partial charge < -0.3 is 10.1 Å². The summed E-state index contributed by atoms with van der Waals surface area (Å²) in [6.45, 7) is 4.63. The number of hydrogen-bond donors (Lipinski definition) is 1. The number of para-hydroxylation sites is 1. The Morgan fingerprint density at radius 3 is 2.96 bits per heavy atom. The molecule has 4 bridgehead atoms. The maximum absolute atomic E-state index is 12.8. The van der Waals surface area contributed by atoms with Crippen molar-refractivity contribution in [1.29, 1.82) is 0 Å². The van der Waals surface area contributed by atoms with Gasteiger partial charge in [0, 0.05) is 35.6 Å². The number of hydrogen-bond acceptors (Lipinski definition) is 4. The second-order valence-corrected chi connectivity index (χ2v) is 8.70. The second kappa shape index (κ2) is 5.05. The Kier molecular flexibility index (Phi) is 3.23. The number of esters is 1. The van der Waals surface area contributed by atoms with Gasteiger partial charge in [-0.1, -0.05) is 37.3 Å². The largest absolute Gasteiger partial charge is 0.469 e. The van der Waals surface area contributed by atoms with Crippen LogP contribution in [-0.4, -0.2) is 43.2 Å². The van der Waals surface area contributed by atoms with Crippen LogP contribution < -0.4 is 5.32 Å². The van der Waals surface area contributed by atoms with Crippen LogP contribution in [0.4, 0.5) is 5.69 Å². The van der Waals surface area contributed by atoms with Gasteiger partial charge in [-0.2, -0.15) is 0 Å². The molecule has 7 atom stereocenters. The Labute approximate surface area is 160 Å². The molecule has 4 nitrogen and oxygen atoms in total. The molecule has 1 spiro atoms. The van der Waals surface area contributed by atoms with Gasteiger partial charge in [-0.3, -0.25) is 9.69 Å². The van der Waals surface area contributed by atoms with E-state index in [1.165, 1.54) is 18.4 Å². The number of nitrogens with zero attached hydrogens (tertiary/aromatic N) is 1. The molecule has 5 aliphatic rings. The summed E-state index contributed by atoms with van der Waals surface area (Å²) in [5.41, 5.74) is 2.82. The molecule has 1 saturated heterocycles. The van der Waals surface area contributed by atoms with Crippen LogP contribution in [0.5, 0.6) is 0 Å². The van der Waals surface area contributed by atoms with E-state index in [9.17, 15) is 4.79 Å². The highest BCUT2D eigenvalue weighted by molar-refractivity contribution is 5.85. The van der Waals surface area contributed by atoms with Crippen LogP contribution in [0.25, 0.3) is 0 Å². The number of halogens is 1. The number of rotatable bonds is 1. The lowest BCUT2D eigenvalue weighted by Gasteiger charge is -2.54. The lowest BCUT2D eigenvalue weighted by atomic mass is 9.56. The number of fused-ring (bicyclic) bond motifs is 1. The van der Waals surface area contributed by atoms with E-state index in [-0.39, 0.29) is 41.2 Å². The monoisotopic (exact) mass is 372 g/mol. The Balaban J connectivity index is 0.00000150. The fourth-order valence-corrected chi connectivity index (χ4v) is 7.68. The quantitative estimate of drug-likeness (QED) is 0.608. The van der Waals surface area contributed by atoms with Gasteiger partial charge in [0.1, 0.15) is 0 Å². The smallest absolute Gasteiger partial charge is 0.310 e. The van der Waals surface area contributed by atoms with Crippen LogP contribution in [-0.2, 0) is 14.9 Å². The third kappa shape index (κ3) is 1.49. The summed E-state index contributed by atoms with van der Waals surface area (Å²) >= 11 is 0. The lowest BCUT2D eigenvalue weighted by Crippen LogP contribution is -2.63. The highest BCUT2D eigenvalue weighted by Crippen LogP contribution is 2.74. The molecule has 0 aromatic heterocycles. The van der Waals surface area contributed by atoms with Crippen molar-refractivity contribution in [2.75, 3.05) is 25.5 Å². The standard InChI is InChI=1S/C21H24N2O2.ClH/c1-12-15-11-23-9-5-8-20(12)10-13(18(24)25-2)17-21(15,19(20)23)14-6-3-4-7-16(14)22-17;/h3-8,12-13,15,17,19,22H,9-11H2,1-2H3;1H. The SMILES string of the molecule is COC(=O)C1CC23C=CCN4CC(C2C)C2(c5ccccc5NC12)C43.Cl. The van der Waals surface area contributed by atoms with Crippen molar-refractivity contribution in [3.05, 3.63) is 42.0 Å². The summed E-state index contributed by atoms with van der Waals surface area (Å²) in [5.74, 6) is 1.06. The van der Waals surface area contributed by atoms with Crippen LogP contribution in [0.2, 0.25) is 0 Å². The van der Waals surface area contributed by atoms with Crippen LogP contribution in [0.1, 0.15) is 18.9 Å². The Morgan fingerprint density at radius 2 is 2.15 bits per heavy atom. The second-order valence-electron chi connectivity index (χ2n) is 8.70. The topological polar surface area (TPSA) is 41.6 Å². The fourth-order valence-electron chi connectivity index (χ4n) is 7.68. The minimum atomic E-state index is -0.0798. The van der Waals surface area contributed by atoms with E-state index in [1.54, 1.807) is 0 Å². The molecule has 0 radical (unpaired) electrons. The van der Waals surface area contributed by atoms with Gasteiger partial charge in [0.15, 0.2) is 0 Å².